The first kappa shape index (κ1) is 14.1. The molecule has 0 saturated heterocycles. The molecule has 5 heteroatoms. The number of phenolic OH excluding ortho intramolecular Hbond substituents is 1. The van der Waals surface area contributed by atoms with Crippen LogP contribution >= 0.6 is 0 Å². The SMILES string of the molecule is Oc1ccc(C=Cc2ccc(C(F)(F)F)cc2)cc1F. The summed E-state index contributed by atoms with van der Waals surface area (Å²) in [6, 6.07) is 8.47. The summed E-state index contributed by atoms with van der Waals surface area (Å²) in [6.07, 6.45) is -1.25. The largest absolute Gasteiger partial charge is 0.505 e. The molecule has 0 fully saturated rings. The van der Waals surface area contributed by atoms with E-state index in [1.807, 2.05) is 0 Å². The highest BCUT2D eigenvalue weighted by Crippen LogP contribution is 2.29. The van der Waals surface area contributed by atoms with Gasteiger partial charge >= 0.3 is 6.18 Å². The van der Waals surface area contributed by atoms with E-state index in [0.29, 0.717) is 11.1 Å². The van der Waals surface area contributed by atoms with Crippen LogP contribution in [0, 0.1) is 5.82 Å². The Morgan fingerprint density at radius 3 is 1.95 bits per heavy atom. The summed E-state index contributed by atoms with van der Waals surface area (Å²) >= 11 is 0. The molecule has 2 aromatic carbocycles. The Morgan fingerprint density at radius 2 is 1.40 bits per heavy atom. The lowest BCUT2D eigenvalue weighted by molar-refractivity contribution is -0.137. The summed E-state index contributed by atoms with van der Waals surface area (Å²) in [7, 11) is 0. The molecule has 0 aliphatic carbocycles. The number of phenols is 1. The quantitative estimate of drug-likeness (QED) is 0.624. The highest BCUT2D eigenvalue weighted by Gasteiger charge is 2.29. The van der Waals surface area contributed by atoms with Crippen molar-refractivity contribution in [3.05, 3.63) is 65.0 Å². The summed E-state index contributed by atoms with van der Waals surface area (Å²) in [5, 5.41) is 9.03. The molecule has 0 amide bonds. The van der Waals surface area contributed by atoms with Crippen LogP contribution in [0.25, 0.3) is 12.2 Å². The number of hydrogen-bond donors (Lipinski definition) is 1. The van der Waals surface area contributed by atoms with Gasteiger partial charge in [0.1, 0.15) is 0 Å². The molecule has 0 unspecified atom stereocenters. The van der Waals surface area contributed by atoms with Crippen LogP contribution in [0.3, 0.4) is 0 Å². The van der Waals surface area contributed by atoms with Crippen LogP contribution in [0.2, 0.25) is 0 Å². The van der Waals surface area contributed by atoms with Crippen molar-refractivity contribution in [3.8, 4) is 5.75 Å². The van der Waals surface area contributed by atoms with Crippen molar-refractivity contribution < 1.29 is 22.7 Å². The lowest BCUT2D eigenvalue weighted by Gasteiger charge is -2.05. The Balaban J connectivity index is 2.17. The summed E-state index contributed by atoms with van der Waals surface area (Å²) < 4.78 is 50.2. The number of halogens is 4. The summed E-state index contributed by atoms with van der Waals surface area (Å²) in [4.78, 5) is 0. The Morgan fingerprint density at radius 1 is 0.850 bits per heavy atom. The van der Waals surface area contributed by atoms with Gasteiger partial charge in [0.05, 0.1) is 5.56 Å². The molecule has 0 aliphatic heterocycles. The van der Waals surface area contributed by atoms with Gasteiger partial charge in [0.15, 0.2) is 11.6 Å². The average molecular weight is 282 g/mol. The number of alkyl halides is 3. The molecule has 2 rings (SSSR count). The monoisotopic (exact) mass is 282 g/mol. The Bertz CT molecular complexity index is 627. The van der Waals surface area contributed by atoms with Crippen LogP contribution in [-0.2, 0) is 6.18 Å². The van der Waals surface area contributed by atoms with E-state index in [1.165, 1.54) is 24.3 Å². The predicted octanol–water partition coefficient (Wildman–Crippen LogP) is 4.72. The standard InChI is InChI=1S/C15H10F4O/c16-13-9-11(5-8-14(13)20)2-1-10-3-6-12(7-4-10)15(17,18)19/h1-9,20H. The summed E-state index contributed by atoms with van der Waals surface area (Å²) in [5.41, 5.74) is 0.344. The van der Waals surface area contributed by atoms with Crippen molar-refractivity contribution in [2.45, 2.75) is 6.18 Å². The van der Waals surface area contributed by atoms with Crippen molar-refractivity contribution in [2.24, 2.45) is 0 Å². The van der Waals surface area contributed by atoms with E-state index in [9.17, 15) is 17.6 Å². The van der Waals surface area contributed by atoms with Crippen LogP contribution in [0.4, 0.5) is 17.6 Å². The van der Waals surface area contributed by atoms with E-state index >= 15 is 0 Å². The van der Waals surface area contributed by atoms with Crippen LogP contribution in [0.15, 0.2) is 42.5 Å². The van der Waals surface area contributed by atoms with Gasteiger partial charge in [-0.1, -0.05) is 30.4 Å². The second kappa shape index (κ2) is 5.36. The van der Waals surface area contributed by atoms with Gasteiger partial charge in [0, 0.05) is 0 Å². The van der Waals surface area contributed by atoms with E-state index in [-0.39, 0.29) is 0 Å². The van der Waals surface area contributed by atoms with Gasteiger partial charge in [-0.15, -0.1) is 0 Å². The molecule has 0 aromatic heterocycles. The van der Waals surface area contributed by atoms with Crippen molar-refractivity contribution in [3.63, 3.8) is 0 Å². The van der Waals surface area contributed by atoms with Gasteiger partial charge in [-0.05, 0) is 35.4 Å². The van der Waals surface area contributed by atoms with Gasteiger partial charge in [0.2, 0.25) is 0 Å². The molecule has 0 bridgehead atoms. The maximum atomic E-state index is 13.1. The summed E-state index contributed by atoms with van der Waals surface area (Å²) in [6.45, 7) is 0. The Hall–Kier alpha value is -2.30. The molecular weight excluding hydrogens is 272 g/mol. The molecule has 0 atom stereocenters. The van der Waals surface area contributed by atoms with Crippen LogP contribution in [-0.4, -0.2) is 5.11 Å². The molecule has 1 nitrogen and oxygen atoms in total. The second-order valence-electron chi connectivity index (χ2n) is 4.16. The smallest absolute Gasteiger partial charge is 0.416 e. The minimum Gasteiger partial charge on any atom is -0.505 e. The lowest BCUT2D eigenvalue weighted by Crippen LogP contribution is -2.03. The third kappa shape index (κ3) is 3.38. The zero-order valence-electron chi connectivity index (χ0n) is 10.2. The molecule has 0 saturated carbocycles. The molecule has 2 aromatic rings. The van der Waals surface area contributed by atoms with Gasteiger partial charge in [-0.2, -0.15) is 13.2 Å². The van der Waals surface area contributed by atoms with E-state index < -0.39 is 23.3 Å². The fourth-order valence-electron chi connectivity index (χ4n) is 1.60. The first-order valence-electron chi connectivity index (χ1n) is 5.70. The van der Waals surface area contributed by atoms with Gasteiger partial charge in [-0.25, -0.2) is 4.39 Å². The Kier molecular flexibility index (Phi) is 3.79. The third-order valence-electron chi connectivity index (χ3n) is 2.68. The zero-order valence-corrected chi connectivity index (χ0v) is 10.2. The van der Waals surface area contributed by atoms with Crippen molar-refractivity contribution >= 4 is 12.2 Å². The minimum atomic E-state index is -4.36. The lowest BCUT2D eigenvalue weighted by atomic mass is 10.1. The number of aromatic hydroxyl groups is 1. The van der Waals surface area contributed by atoms with E-state index in [2.05, 4.69) is 0 Å². The van der Waals surface area contributed by atoms with Crippen LogP contribution in [0.1, 0.15) is 16.7 Å². The maximum Gasteiger partial charge on any atom is 0.416 e. The first-order valence-corrected chi connectivity index (χ1v) is 5.70. The van der Waals surface area contributed by atoms with E-state index in [1.54, 1.807) is 12.2 Å². The number of benzene rings is 2. The van der Waals surface area contributed by atoms with Crippen LogP contribution in [0.5, 0.6) is 5.75 Å². The Labute approximate surface area is 112 Å². The number of rotatable bonds is 2. The predicted molar refractivity (Wildman–Crippen MR) is 68.4 cm³/mol. The van der Waals surface area contributed by atoms with Crippen molar-refractivity contribution in [1.82, 2.24) is 0 Å². The van der Waals surface area contributed by atoms with Gasteiger partial charge in [0.25, 0.3) is 0 Å². The fraction of sp³-hybridized carbons (Fsp3) is 0.0667. The first-order chi connectivity index (χ1) is 9.36. The second-order valence-corrected chi connectivity index (χ2v) is 4.16. The van der Waals surface area contributed by atoms with Gasteiger partial charge < -0.3 is 5.11 Å². The third-order valence-corrected chi connectivity index (χ3v) is 2.68. The van der Waals surface area contributed by atoms with Crippen molar-refractivity contribution in [2.75, 3.05) is 0 Å². The normalized spacial score (nSPS) is 12.0. The fourth-order valence-corrected chi connectivity index (χ4v) is 1.60. The molecule has 104 valence electrons. The maximum absolute atomic E-state index is 13.1. The topological polar surface area (TPSA) is 20.2 Å². The molecule has 0 aliphatic rings. The molecule has 0 spiro atoms. The minimum absolute atomic E-state index is 0.448. The molecule has 20 heavy (non-hydrogen) atoms. The van der Waals surface area contributed by atoms with Crippen molar-refractivity contribution in [1.29, 1.82) is 0 Å². The molecule has 1 N–H and O–H groups in total. The average Bonchev–Trinajstić information content (AvgIpc) is 2.40. The van der Waals surface area contributed by atoms with E-state index in [4.69, 9.17) is 5.11 Å². The molecule has 0 radical (unpaired) electrons. The van der Waals surface area contributed by atoms with E-state index in [0.717, 1.165) is 18.2 Å². The zero-order chi connectivity index (χ0) is 14.8. The van der Waals surface area contributed by atoms with Crippen LogP contribution < -0.4 is 0 Å². The summed E-state index contributed by atoms with van der Waals surface area (Å²) in [5.74, 6) is -1.20. The van der Waals surface area contributed by atoms with Gasteiger partial charge in [-0.3, -0.25) is 0 Å². The number of hydrogen-bond acceptors (Lipinski definition) is 1. The highest BCUT2D eigenvalue weighted by molar-refractivity contribution is 5.70. The highest BCUT2D eigenvalue weighted by atomic mass is 19.4. The molecule has 0 heterocycles. The molecular formula is C15H10F4O.